The Morgan fingerprint density at radius 2 is 1.20 bits per heavy atom. The first kappa shape index (κ1) is 24.5. The molecule has 6 aromatic heterocycles. The van der Waals surface area contributed by atoms with Crippen molar-refractivity contribution < 1.29 is 19.4 Å². The van der Waals surface area contributed by atoms with E-state index in [1.165, 1.54) is 48.8 Å². The van der Waals surface area contributed by atoms with Gasteiger partial charge in [-0.3, -0.25) is 0 Å². The number of nitrogens with zero attached hydrogens (tertiary/aromatic N) is 6. The number of fused-ring (bicyclic) bond motifs is 3. The number of rotatable bonds is 2. The van der Waals surface area contributed by atoms with Crippen LogP contribution in [-0.4, -0.2) is 54.1 Å². The van der Waals surface area contributed by atoms with Crippen LogP contribution in [0.1, 0.15) is 21.0 Å². The van der Waals surface area contributed by atoms with Crippen molar-refractivity contribution in [1.82, 2.24) is 29.9 Å². The summed E-state index contributed by atoms with van der Waals surface area (Å²) in [5.74, 6) is -1.43. The molecule has 0 aliphatic rings. The second-order valence-corrected chi connectivity index (χ2v) is 9.42. The predicted molar refractivity (Wildman–Crippen MR) is 136 cm³/mol. The molecule has 14 heteroatoms. The van der Waals surface area contributed by atoms with Crippen molar-refractivity contribution in [2.24, 2.45) is 0 Å². The lowest BCUT2D eigenvalue weighted by atomic mass is 10.3. The average molecular weight is 545 g/mol. The lowest BCUT2D eigenvalue weighted by molar-refractivity contribution is 0.0595. The first-order valence-corrected chi connectivity index (χ1v) is 12.5. The van der Waals surface area contributed by atoms with E-state index >= 15 is 0 Å². The molecule has 6 aromatic rings. The lowest BCUT2D eigenvalue weighted by Gasteiger charge is -1.97. The second-order valence-electron chi connectivity index (χ2n) is 6.31. The summed E-state index contributed by atoms with van der Waals surface area (Å²) >= 11 is 10.1. The number of esters is 1. The highest BCUT2D eigenvalue weighted by Crippen LogP contribution is 2.24. The molecule has 0 fully saturated rings. The summed E-state index contributed by atoms with van der Waals surface area (Å²) < 4.78 is 6.96. The molecule has 0 aromatic carbocycles. The number of carbonyl (C=O) groups excluding carboxylic acids is 1. The van der Waals surface area contributed by atoms with Gasteiger partial charge >= 0.3 is 11.9 Å². The Morgan fingerprint density at radius 1 is 0.743 bits per heavy atom. The van der Waals surface area contributed by atoms with Gasteiger partial charge in [0.25, 0.3) is 0 Å². The number of halogens is 1. The molecule has 1 N–H and O–H groups in total. The molecule has 0 atom stereocenters. The molecule has 0 saturated heterocycles. The molecule has 0 saturated carbocycles. The third kappa shape index (κ3) is 5.54. The fourth-order valence-electron chi connectivity index (χ4n) is 2.73. The van der Waals surface area contributed by atoms with E-state index in [0.717, 1.165) is 20.4 Å². The summed E-state index contributed by atoms with van der Waals surface area (Å²) in [6, 6.07) is 5.54. The molecule has 0 unspecified atom stereocenters. The van der Waals surface area contributed by atoms with E-state index < -0.39 is 11.9 Å². The lowest BCUT2D eigenvalue weighted by Crippen LogP contribution is -2.04. The quantitative estimate of drug-likeness (QED) is 0.228. The monoisotopic (exact) mass is 544 g/mol. The zero-order valence-electron chi connectivity index (χ0n) is 17.7. The number of thiophene rings is 3. The topological polar surface area (TPSA) is 141 Å². The molecule has 6 rings (SSSR count). The first-order valence-electron chi connectivity index (χ1n) is 9.51. The zero-order valence-corrected chi connectivity index (χ0v) is 20.9. The van der Waals surface area contributed by atoms with E-state index in [0.29, 0.717) is 21.1 Å². The molecule has 0 bridgehead atoms. The van der Waals surface area contributed by atoms with E-state index in [1.807, 2.05) is 22.9 Å². The summed E-state index contributed by atoms with van der Waals surface area (Å²) in [6.45, 7) is 0. The number of methoxy groups -OCH3 is 1. The minimum Gasteiger partial charge on any atom is -0.476 e. The Balaban J connectivity index is 0.000000125. The van der Waals surface area contributed by atoms with Crippen LogP contribution in [0.15, 0.2) is 53.3 Å². The Kier molecular flexibility index (Phi) is 7.82. The van der Waals surface area contributed by atoms with Gasteiger partial charge in [0.2, 0.25) is 0 Å². The predicted octanol–water partition coefficient (Wildman–Crippen LogP) is 5.21. The fraction of sp³-hybridized carbons (Fsp3) is 0.0476. The van der Waals surface area contributed by atoms with Crippen LogP contribution in [-0.2, 0) is 4.74 Å². The van der Waals surface area contributed by atoms with Gasteiger partial charge in [0.1, 0.15) is 24.1 Å². The largest absolute Gasteiger partial charge is 0.476 e. The number of carboxylic acids is 1. The highest BCUT2D eigenvalue weighted by molar-refractivity contribution is 7.18. The van der Waals surface area contributed by atoms with Gasteiger partial charge < -0.3 is 9.84 Å². The van der Waals surface area contributed by atoms with E-state index in [4.69, 9.17) is 16.7 Å². The van der Waals surface area contributed by atoms with Crippen molar-refractivity contribution in [2.45, 2.75) is 0 Å². The molecule has 10 nitrogen and oxygen atoms in total. The normalized spacial score (nSPS) is 10.3. The summed E-state index contributed by atoms with van der Waals surface area (Å²) in [4.78, 5) is 45.2. The molecule has 0 radical (unpaired) electrons. The van der Waals surface area contributed by atoms with E-state index in [-0.39, 0.29) is 5.69 Å². The van der Waals surface area contributed by atoms with Crippen molar-refractivity contribution in [3.63, 3.8) is 0 Å². The third-order valence-corrected chi connectivity index (χ3v) is 7.40. The van der Waals surface area contributed by atoms with Gasteiger partial charge in [-0.2, -0.15) is 0 Å². The molecule has 35 heavy (non-hydrogen) atoms. The Hall–Kier alpha value is -3.65. The highest BCUT2D eigenvalue weighted by Gasteiger charge is 2.13. The van der Waals surface area contributed by atoms with Crippen molar-refractivity contribution in [3.8, 4) is 0 Å². The molecular weight excluding hydrogens is 532 g/mol. The Bertz CT molecular complexity index is 1630. The first-order chi connectivity index (χ1) is 17.0. The van der Waals surface area contributed by atoms with Crippen molar-refractivity contribution in [1.29, 1.82) is 0 Å². The Morgan fingerprint density at radius 3 is 1.71 bits per heavy atom. The van der Waals surface area contributed by atoms with E-state index in [1.54, 1.807) is 22.8 Å². The van der Waals surface area contributed by atoms with E-state index in [9.17, 15) is 9.59 Å². The van der Waals surface area contributed by atoms with Gasteiger partial charge in [0.15, 0.2) is 11.4 Å². The minimum absolute atomic E-state index is 0.0787. The Labute approximate surface area is 213 Å². The van der Waals surface area contributed by atoms with Crippen LogP contribution in [0.25, 0.3) is 30.6 Å². The SMILES string of the molecule is COC(=O)c1ncnc2ccsc12.Clc1ncnc2ccsc12.O=C(O)c1ncnc2ccsc12. The van der Waals surface area contributed by atoms with E-state index in [2.05, 4.69) is 34.6 Å². The number of hydrogen-bond acceptors (Lipinski definition) is 12. The van der Waals surface area contributed by atoms with Crippen LogP contribution >= 0.6 is 45.6 Å². The highest BCUT2D eigenvalue weighted by atomic mass is 35.5. The van der Waals surface area contributed by atoms with Gasteiger partial charge in [-0.05, 0) is 34.3 Å². The maximum atomic E-state index is 11.2. The maximum absolute atomic E-state index is 11.2. The second kappa shape index (κ2) is 11.2. The number of carbonyl (C=O) groups is 2. The number of ether oxygens (including phenoxy) is 1. The number of aromatic carboxylic acids is 1. The molecule has 0 amide bonds. The number of carboxylic acid groups (broad SMARTS) is 1. The van der Waals surface area contributed by atoms with Crippen LogP contribution < -0.4 is 0 Å². The summed E-state index contributed by atoms with van der Waals surface area (Å²) in [6.07, 6.45) is 4.09. The molecule has 176 valence electrons. The smallest absolute Gasteiger partial charge is 0.358 e. The maximum Gasteiger partial charge on any atom is 0.358 e. The van der Waals surface area contributed by atoms with Crippen molar-refractivity contribution in [3.05, 3.63) is 69.9 Å². The van der Waals surface area contributed by atoms with Gasteiger partial charge in [-0.25, -0.2) is 39.5 Å². The average Bonchev–Trinajstić information content (AvgIpc) is 3.64. The standard InChI is InChI=1S/C8H6N2O2S.C7H4N2O2S.C6H3ClN2S/c1-12-8(11)6-7-5(2-3-13-7)9-4-10-6;10-7(11)5-6-4(1-2-12-6)8-3-9-5;7-6-5-4(1-2-10-5)8-3-9-6/h2-4H,1H3;1-3H,(H,10,11);1-3H. The van der Waals surface area contributed by atoms with Crippen LogP contribution in [0, 0.1) is 0 Å². The molecular formula is C21H13ClN6O4S3. The zero-order chi connectivity index (χ0) is 24.8. The third-order valence-electron chi connectivity index (χ3n) is 4.27. The molecule has 0 aliphatic carbocycles. The number of hydrogen-bond donors (Lipinski definition) is 1. The molecule has 0 spiro atoms. The van der Waals surface area contributed by atoms with Gasteiger partial charge in [0.05, 0.1) is 37.8 Å². The summed E-state index contributed by atoms with van der Waals surface area (Å²) in [5, 5.41) is 14.9. The van der Waals surface area contributed by atoms with Gasteiger partial charge in [-0.15, -0.1) is 34.0 Å². The minimum atomic E-state index is -1.01. The summed E-state index contributed by atoms with van der Waals surface area (Å²) in [5.41, 5.74) is 2.80. The summed E-state index contributed by atoms with van der Waals surface area (Å²) in [7, 11) is 1.34. The van der Waals surface area contributed by atoms with Crippen LogP contribution in [0.2, 0.25) is 5.15 Å². The van der Waals surface area contributed by atoms with Crippen molar-refractivity contribution >= 4 is 88.2 Å². The molecule has 0 aliphatic heterocycles. The van der Waals surface area contributed by atoms with Crippen LogP contribution in [0.3, 0.4) is 0 Å². The van der Waals surface area contributed by atoms with Crippen LogP contribution in [0.5, 0.6) is 0 Å². The van der Waals surface area contributed by atoms with Crippen LogP contribution in [0.4, 0.5) is 0 Å². The van der Waals surface area contributed by atoms with Gasteiger partial charge in [0, 0.05) is 0 Å². The van der Waals surface area contributed by atoms with Crippen molar-refractivity contribution in [2.75, 3.05) is 7.11 Å². The fourth-order valence-corrected chi connectivity index (χ4v) is 5.38. The van der Waals surface area contributed by atoms with Gasteiger partial charge in [-0.1, -0.05) is 11.6 Å². The molecule has 6 heterocycles. The number of aromatic nitrogens is 6.